The Hall–Kier alpha value is -1.32. The summed E-state index contributed by atoms with van der Waals surface area (Å²) in [7, 11) is 0. The van der Waals surface area contributed by atoms with Crippen LogP contribution in [-0.2, 0) is 11.0 Å². The van der Waals surface area contributed by atoms with E-state index in [-0.39, 0.29) is 11.8 Å². The lowest BCUT2D eigenvalue weighted by molar-refractivity contribution is -0.137. The van der Waals surface area contributed by atoms with Crippen molar-refractivity contribution in [3.63, 3.8) is 0 Å². The van der Waals surface area contributed by atoms with E-state index in [0.717, 1.165) is 31.3 Å². The molecule has 0 radical (unpaired) electrons. The number of alkyl halides is 3. The molecule has 1 nitrogen and oxygen atoms in total. The van der Waals surface area contributed by atoms with Crippen molar-refractivity contribution in [1.29, 1.82) is 0 Å². The second kappa shape index (κ2) is 3.92. The van der Waals surface area contributed by atoms with Gasteiger partial charge >= 0.3 is 6.18 Å². The Labute approximate surface area is 91.3 Å². The summed E-state index contributed by atoms with van der Waals surface area (Å²) in [6.07, 6.45) is -1.89. The number of aldehydes is 1. The molecule has 0 spiro atoms. The van der Waals surface area contributed by atoms with E-state index in [2.05, 4.69) is 0 Å². The fourth-order valence-electron chi connectivity index (χ4n) is 2.05. The van der Waals surface area contributed by atoms with Crippen molar-refractivity contribution in [2.24, 2.45) is 5.92 Å². The van der Waals surface area contributed by atoms with Crippen LogP contribution in [0.4, 0.5) is 13.2 Å². The zero-order valence-corrected chi connectivity index (χ0v) is 8.50. The SMILES string of the molecule is O=CC1CCC1c1cccc(C(F)(F)F)c1. The summed E-state index contributed by atoms with van der Waals surface area (Å²) in [4.78, 5) is 10.6. The molecule has 2 atom stereocenters. The summed E-state index contributed by atoms with van der Waals surface area (Å²) in [5.41, 5.74) is -0.0141. The molecule has 4 heteroatoms. The van der Waals surface area contributed by atoms with E-state index in [9.17, 15) is 18.0 Å². The molecule has 0 aliphatic heterocycles. The number of rotatable bonds is 2. The molecule has 1 fully saturated rings. The van der Waals surface area contributed by atoms with Gasteiger partial charge in [-0.1, -0.05) is 18.2 Å². The Balaban J connectivity index is 2.26. The smallest absolute Gasteiger partial charge is 0.303 e. The highest BCUT2D eigenvalue weighted by Crippen LogP contribution is 2.42. The van der Waals surface area contributed by atoms with Crippen LogP contribution in [0, 0.1) is 5.92 Å². The Morgan fingerprint density at radius 2 is 2.00 bits per heavy atom. The molecule has 2 rings (SSSR count). The molecule has 1 aromatic rings. The summed E-state index contributed by atoms with van der Waals surface area (Å²) >= 11 is 0. The van der Waals surface area contributed by atoms with Gasteiger partial charge in [0.05, 0.1) is 5.56 Å². The van der Waals surface area contributed by atoms with Crippen LogP contribution in [0.25, 0.3) is 0 Å². The van der Waals surface area contributed by atoms with Crippen LogP contribution in [0.5, 0.6) is 0 Å². The van der Waals surface area contributed by atoms with Gasteiger partial charge in [-0.3, -0.25) is 0 Å². The second-order valence-electron chi connectivity index (χ2n) is 4.11. The lowest BCUT2D eigenvalue weighted by Crippen LogP contribution is -2.25. The van der Waals surface area contributed by atoms with Gasteiger partial charge in [0, 0.05) is 5.92 Å². The molecular weight excluding hydrogens is 217 g/mol. The van der Waals surface area contributed by atoms with E-state index in [1.54, 1.807) is 6.07 Å². The van der Waals surface area contributed by atoms with E-state index in [1.807, 2.05) is 0 Å². The van der Waals surface area contributed by atoms with Gasteiger partial charge in [0.2, 0.25) is 0 Å². The van der Waals surface area contributed by atoms with Gasteiger partial charge in [-0.25, -0.2) is 0 Å². The molecule has 1 aromatic carbocycles. The van der Waals surface area contributed by atoms with Crippen molar-refractivity contribution < 1.29 is 18.0 Å². The molecule has 0 amide bonds. The quantitative estimate of drug-likeness (QED) is 0.709. The zero-order chi connectivity index (χ0) is 11.8. The zero-order valence-electron chi connectivity index (χ0n) is 8.50. The fraction of sp³-hybridized carbons (Fsp3) is 0.417. The maximum atomic E-state index is 12.5. The summed E-state index contributed by atoms with van der Waals surface area (Å²) < 4.78 is 37.4. The number of benzene rings is 1. The minimum absolute atomic E-state index is 0.0280. The third-order valence-corrected chi connectivity index (χ3v) is 3.14. The van der Waals surface area contributed by atoms with Crippen LogP contribution in [0.15, 0.2) is 24.3 Å². The second-order valence-corrected chi connectivity index (χ2v) is 4.11. The first-order chi connectivity index (χ1) is 7.52. The molecule has 0 aromatic heterocycles. The molecule has 1 saturated carbocycles. The van der Waals surface area contributed by atoms with Crippen molar-refractivity contribution in [2.45, 2.75) is 24.9 Å². The Bertz CT molecular complexity index is 397. The molecule has 16 heavy (non-hydrogen) atoms. The molecular formula is C12H11F3O. The van der Waals surface area contributed by atoms with Crippen LogP contribution in [-0.4, -0.2) is 6.29 Å². The minimum atomic E-state index is -4.31. The van der Waals surface area contributed by atoms with Crippen molar-refractivity contribution in [3.05, 3.63) is 35.4 Å². The fourth-order valence-corrected chi connectivity index (χ4v) is 2.05. The Morgan fingerprint density at radius 1 is 1.25 bits per heavy atom. The first-order valence-electron chi connectivity index (χ1n) is 5.15. The summed E-state index contributed by atoms with van der Waals surface area (Å²) in [5, 5.41) is 0. The van der Waals surface area contributed by atoms with Crippen LogP contribution < -0.4 is 0 Å². The number of hydrogen-bond donors (Lipinski definition) is 0. The Morgan fingerprint density at radius 3 is 2.50 bits per heavy atom. The lowest BCUT2D eigenvalue weighted by Gasteiger charge is -2.33. The van der Waals surface area contributed by atoms with Crippen LogP contribution >= 0.6 is 0 Å². The van der Waals surface area contributed by atoms with Crippen molar-refractivity contribution in [3.8, 4) is 0 Å². The van der Waals surface area contributed by atoms with Gasteiger partial charge in [-0.2, -0.15) is 13.2 Å². The van der Waals surface area contributed by atoms with Crippen LogP contribution in [0.2, 0.25) is 0 Å². The van der Waals surface area contributed by atoms with Gasteiger partial charge in [-0.05, 0) is 30.4 Å². The predicted octanol–water partition coefficient (Wildman–Crippen LogP) is 3.40. The van der Waals surface area contributed by atoms with Gasteiger partial charge < -0.3 is 4.79 Å². The maximum absolute atomic E-state index is 12.5. The molecule has 0 heterocycles. The molecule has 0 saturated heterocycles. The first-order valence-corrected chi connectivity index (χ1v) is 5.15. The van der Waals surface area contributed by atoms with Gasteiger partial charge in [0.15, 0.2) is 0 Å². The van der Waals surface area contributed by atoms with Crippen molar-refractivity contribution in [2.75, 3.05) is 0 Å². The van der Waals surface area contributed by atoms with E-state index < -0.39 is 11.7 Å². The average Bonchev–Trinajstić information content (AvgIpc) is 2.16. The highest BCUT2D eigenvalue weighted by Gasteiger charge is 2.35. The van der Waals surface area contributed by atoms with Crippen LogP contribution in [0.3, 0.4) is 0 Å². The summed E-state index contributed by atoms with van der Waals surface area (Å²) in [6, 6.07) is 5.27. The predicted molar refractivity (Wildman–Crippen MR) is 53.0 cm³/mol. The molecule has 1 aliphatic rings. The highest BCUT2D eigenvalue weighted by molar-refractivity contribution is 5.58. The topological polar surface area (TPSA) is 17.1 Å². The molecule has 2 unspecified atom stereocenters. The first kappa shape index (κ1) is 11.2. The largest absolute Gasteiger partial charge is 0.416 e. The molecule has 86 valence electrons. The van der Waals surface area contributed by atoms with E-state index in [4.69, 9.17) is 0 Å². The number of carbonyl (C=O) groups excluding carboxylic acids is 1. The van der Waals surface area contributed by atoms with Crippen molar-refractivity contribution in [1.82, 2.24) is 0 Å². The Kier molecular flexibility index (Phi) is 2.74. The van der Waals surface area contributed by atoms with Gasteiger partial charge in [-0.15, -0.1) is 0 Å². The molecule has 1 aliphatic carbocycles. The molecule has 0 N–H and O–H groups in total. The van der Waals surface area contributed by atoms with E-state index in [0.29, 0.717) is 5.56 Å². The van der Waals surface area contributed by atoms with E-state index >= 15 is 0 Å². The number of hydrogen-bond acceptors (Lipinski definition) is 1. The highest BCUT2D eigenvalue weighted by atomic mass is 19.4. The lowest BCUT2D eigenvalue weighted by atomic mass is 9.70. The third kappa shape index (κ3) is 1.96. The van der Waals surface area contributed by atoms with Crippen LogP contribution in [0.1, 0.15) is 29.9 Å². The third-order valence-electron chi connectivity index (χ3n) is 3.14. The van der Waals surface area contributed by atoms with Crippen molar-refractivity contribution >= 4 is 6.29 Å². The van der Waals surface area contributed by atoms with E-state index in [1.165, 1.54) is 6.07 Å². The maximum Gasteiger partial charge on any atom is 0.416 e. The standard InChI is InChI=1S/C12H11F3O/c13-12(14,15)10-3-1-2-8(6-10)11-5-4-9(11)7-16/h1-3,6-7,9,11H,4-5H2. The minimum Gasteiger partial charge on any atom is -0.303 e. The monoisotopic (exact) mass is 228 g/mol. The molecule has 0 bridgehead atoms. The number of halogens is 3. The van der Waals surface area contributed by atoms with Gasteiger partial charge in [0.25, 0.3) is 0 Å². The summed E-state index contributed by atoms with van der Waals surface area (Å²) in [5.74, 6) is -0.136. The number of carbonyl (C=O) groups is 1. The van der Waals surface area contributed by atoms with Gasteiger partial charge in [0.1, 0.15) is 6.29 Å². The average molecular weight is 228 g/mol. The summed E-state index contributed by atoms with van der Waals surface area (Å²) in [6.45, 7) is 0. The normalized spacial score (nSPS) is 24.9.